The molecule has 0 aliphatic rings. The number of aromatic hydroxyl groups is 1. The number of hydrogen-bond donors (Lipinski definition) is 2. The van der Waals surface area contributed by atoms with Crippen molar-refractivity contribution in [3.63, 3.8) is 0 Å². The van der Waals surface area contributed by atoms with E-state index in [1.165, 1.54) is 6.07 Å². The van der Waals surface area contributed by atoms with Crippen molar-refractivity contribution in [2.75, 3.05) is 0 Å². The van der Waals surface area contributed by atoms with Crippen LogP contribution >= 0.6 is 0 Å². The zero-order chi connectivity index (χ0) is 17.5. The number of hydrogen-bond acceptors (Lipinski definition) is 4. The van der Waals surface area contributed by atoms with Gasteiger partial charge in [-0.05, 0) is 23.3 Å². The van der Waals surface area contributed by atoms with Crippen LogP contribution in [0.1, 0.15) is 16.7 Å². The Morgan fingerprint density at radius 2 is 1.48 bits per heavy atom. The molecule has 3 aromatic rings. The van der Waals surface area contributed by atoms with Gasteiger partial charge in [0.2, 0.25) is 0 Å². The van der Waals surface area contributed by atoms with Crippen LogP contribution in [0.4, 0.5) is 0 Å². The van der Waals surface area contributed by atoms with Gasteiger partial charge in [-0.15, -0.1) is 0 Å². The number of benzene rings is 3. The number of phenols is 1. The Bertz CT molecular complexity index is 846. The lowest BCUT2D eigenvalue weighted by atomic mass is 10.0. The molecule has 0 radical (unpaired) electrons. The van der Waals surface area contributed by atoms with E-state index in [-0.39, 0.29) is 5.75 Å². The molecular weight excluding hydrogens is 314 g/mol. The number of oxime groups is 1. The van der Waals surface area contributed by atoms with Gasteiger partial charge in [-0.25, -0.2) is 0 Å². The summed E-state index contributed by atoms with van der Waals surface area (Å²) in [6, 6.07) is 24.5. The van der Waals surface area contributed by atoms with E-state index in [1.807, 2.05) is 60.7 Å². The fourth-order valence-electron chi connectivity index (χ4n) is 2.56. The molecule has 0 saturated heterocycles. The van der Waals surface area contributed by atoms with Crippen LogP contribution < -0.4 is 4.74 Å². The summed E-state index contributed by atoms with van der Waals surface area (Å²) in [5.74, 6) is 0.580. The van der Waals surface area contributed by atoms with Gasteiger partial charge in [-0.3, -0.25) is 0 Å². The van der Waals surface area contributed by atoms with Crippen molar-refractivity contribution in [3.05, 3.63) is 95.6 Å². The Balaban J connectivity index is 1.72. The second kappa shape index (κ2) is 8.02. The molecule has 0 amide bonds. The summed E-state index contributed by atoms with van der Waals surface area (Å²) in [6.45, 7) is 0.421. The third-order valence-electron chi connectivity index (χ3n) is 3.86. The molecule has 3 aromatic carbocycles. The average molecular weight is 333 g/mol. The smallest absolute Gasteiger partial charge is 0.128 e. The highest BCUT2D eigenvalue weighted by molar-refractivity contribution is 6.03. The normalized spacial score (nSPS) is 11.3. The first-order chi connectivity index (χ1) is 12.3. The monoisotopic (exact) mass is 333 g/mol. The zero-order valence-electron chi connectivity index (χ0n) is 13.7. The molecule has 126 valence electrons. The first-order valence-corrected chi connectivity index (χ1v) is 8.01. The lowest BCUT2D eigenvalue weighted by molar-refractivity contribution is 0.304. The van der Waals surface area contributed by atoms with E-state index < -0.39 is 0 Å². The quantitative estimate of drug-likeness (QED) is 0.399. The van der Waals surface area contributed by atoms with E-state index in [0.29, 0.717) is 30.1 Å². The minimum absolute atomic E-state index is 0.0225. The van der Waals surface area contributed by atoms with Crippen molar-refractivity contribution >= 4 is 5.71 Å². The summed E-state index contributed by atoms with van der Waals surface area (Å²) < 4.78 is 5.70. The number of phenolic OH excluding ortho intramolecular Hbond substituents is 1. The molecule has 0 spiro atoms. The Morgan fingerprint density at radius 3 is 2.08 bits per heavy atom. The minimum atomic E-state index is 0.0225. The van der Waals surface area contributed by atoms with Gasteiger partial charge in [0, 0.05) is 18.1 Å². The van der Waals surface area contributed by atoms with E-state index in [2.05, 4.69) is 5.16 Å². The summed E-state index contributed by atoms with van der Waals surface area (Å²) in [6.07, 6.45) is 0.426. The first-order valence-electron chi connectivity index (χ1n) is 8.01. The SMILES string of the molecule is ON=C(Cc1ccccc1)c1ccc(OCc2ccccc2)cc1O. The predicted octanol–water partition coefficient (Wildman–Crippen LogP) is 4.39. The van der Waals surface area contributed by atoms with Crippen molar-refractivity contribution in [1.29, 1.82) is 0 Å². The largest absolute Gasteiger partial charge is 0.507 e. The maximum absolute atomic E-state index is 10.3. The molecule has 0 aromatic heterocycles. The molecule has 0 bridgehead atoms. The highest BCUT2D eigenvalue weighted by atomic mass is 16.5. The molecule has 0 unspecified atom stereocenters. The first kappa shape index (κ1) is 16.6. The van der Waals surface area contributed by atoms with E-state index >= 15 is 0 Å². The van der Waals surface area contributed by atoms with Gasteiger partial charge in [0.15, 0.2) is 0 Å². The summed E-state index contributed by atoms with van der Waals surface area (Å²) in [5.41, 5.74) is 2.93. The van der Waals surface area contributed by atoms with Crippen LogP contribution in [0, 0.1) is 0 Å². The van der Waals surface area contributed by atoms with Gasteiger partial charge < -0.3 is 15.1 Å². The second-order valence-electron chi connectivity index (χ2n) is 5.66. The van der Waals surface area contributed by atoms with Gasteiger partial charge in [0.05, 0.1) is 5.71 Å². The average Bonchev–Trinajstić information content (AvgIpc) is 2.66. The molecule has 25 heavy (non-hydrogen) atoms. The number of ether oxygens (including phenoxy) is 1. The molecule has 4 heteroatoms. The topological polar surface area (TPSA) is 62.1 Å². The van der Waals surface area contributed by atoms with Crippen LogP contribution in [0.25, 0.3) is 0 Å². The Kier molecular flexibility index (Phi) is 5.32. The van der Waals surface area contributed by atoms with Gasteiger partial charge in [-0.1, -0.05) is 65.8 Å². The molecule has 0 heterocycles. The lowest BCUT2D eigenvalue weighted by Gasteiger charge is -2.11. The fourth-order valence-corrected chi connectivity index (χ4v) is 2.56. The van der Waals surface area contributed by atoms with Gasteiger partial charge in [0.1, 0.15) is 18.1 Å². The molecule has 4 nitrogen and oxygen atoms in total. The van der Waals surface area contributed by atoms with Crippen LogP contribution in [-0.2, 0) is 13.0 Å². The third-order valence-corrected chi connectivity index (χ3v) is 3.86. The van der Waals surface area contributed by atoms with E-state index in [9.17, 15) is 10.3 Å². The van der Waals surface area contributed by atoms with Crippen LogP contribution in [0.15, 0.2) is 84.0 Å². The highest BCUT2D eigenvalue weighted by Crippen LogP contribution is 2.26. The second-order valence-corrected chi connectivity index (χ2v) is 5.66. The zero-order valence-corrected chi connectivity index (χ0v) is 13.7. The van der Waals surface area contributed by atoms with Crippen molar-refractivity contribution in [1.82, 2.24) is 0 Å². The third kappa shape index (κ3) is 4.38. The molecule has 2 N–H and O–H groups in total. The minimum Gasteiger partial charge on any atom is -0.507 e. The number of nitrogens with zero attached hydrogens (tertiary/aromatic N) is 1. The standard InChI is InChI=1S/C21H19NO3/c23-21-14-18(25-15-17-9-5-2-6-10-17)11-12-19(21)20(22-24)13-16-7-3-1-4-8-16/h1-12,14,23-24H,13,15H2. The molecule has 0 saturated carbocycles. The summed E-state index contributed by atoms with van der Waals surface area (Å²) in [5, 5.41) is 23.0. The summed E-state index contributed by atoms with van der Waals surface area (Å²) >= 11 is 0. The molecule has 0 aliphatic heterocycles. The van der Waals surface area contributed by atoms with Crippen molar-refractivity contribution < 1.29 is 15.1 Å². The Labute approximate surface area is 146 Å². The van der Waals surface area contributed by atoms with Gasteiger partial charge in [0.25, 0.3) is 0 Å². The van der Waals surface area contributed by atoms with Crippen molar-refractivity contribution in [2.45, 2.75) is 13.0 Å². The molecule has 0 atom stereocenters. The van der Waals surface area contributed by atoms with E-state index in [4.69, 9.17) is 4.74 Å². The lowest BCUT2D eigenvalue weighted by Crippen LogP contribution is -2.06. The molecule has 0 aliphatic carbocycles. The highest BCUT2D eigenvalue weighted by Gasteiger charge is 2.12. The van der Waals surface area contributed by atoms with E-state index in [0.717, 1.165) is 11.1 Å². The van der Waals surface area contributed by atoms with Gasteiger partial charge in [-0.2, -0.15) is 0 Å². The predicted molar refractivity (Wildman–Crippen MR) is 97.4 cm³/mol. The summed E-state index contributed by atoms with van der Waals surface area (Å²) in [4.78, 5) is 0. The molecule has 0 fully saturated rings. The van der Waals surface area contributed by atoms with Crippen LogP contribution in [0.5, 0.6) is 11.5 Å². The molecular formula is C21H19NO3. The Hall–Kier alpha value is -3.27. The van der Waals surface area contributed by atoms with Crippen molar-refractivity contribution in [3.8, 4) is 11.5 Å². The maximum atomic E-state index is 10.3. The van der Waals surface area contributed by atoms with Crippen LogP contribution in [0.3, 0.4) is 0 Å². The molecule has 3 rings (SSSR count). The maximum Gasteiger partial charge on any atom is 0.128 e. The van der Waals surface area contributed by atoms with Crippen LogP contribution in [-0.4, -0.2) is 16.0 Å². The Morgan fingerprint density at radius 1 is 0.840 bits per heavy atom. The van der Waals surface area contributed by atoms with Crippen molar-refractivity contribution in [2.24, 2.45) is 5.16 Å². The van der Waals surface area contributed by atoms with E-state index in [1.54, 1.807) is 12.1 Å². The number of rotatable bonds is 6. The van der Waals surface area contributed by atoms with Gasteiger partial charge >= 0.3 is 0 Å². The van der Waals surface area contributed by atoms with Crippen LogP contribution in [0.2, 0.25) is 0 Å². The summed E-state index contributed by atoms with van der Waals surface area (Å²) in [7, 11) is 0. The fraction of sp³-hybridized carbons (Fsp3) is 0.0952.